The molecule has 0 spiro atoms. The fourth-order valence-electron chi connectivity index (χ4n) is 0.994. The molecule has 0 aliphatic carbocycles. The molecule has 0 saturated heterocycles. The fraction of sp³-hybridized carbons (Fsp3) is 0.700. The SMILES string of the molecule is CCC(OC)/C(=C/C(=O)C(C)C)[O][Al]. The number of carbonyl (C=O) groups excluding carboxylic acids is 1. The summed E-state index contributed by atoms with van der Waals surface area (Å²) in [6.07, 6.45) is 2.15. The van der Waals surface area contributed by atoms with E-state index in [9.17, 15) is 4.79 Å². The second kappa shape index (κ2) is 7.06. The van der Waals surface area contributed by atoms with Crippen LogP contribution in [0.1, 0.15) is 27.2 Å². The molecule has 0 rings (SSSR count). The lowest BCUT2D eigenvalue weighted by Crippen LogP contribution is -2.17. The number of ketones is 1. The molecule has 78 valence electrons. The number of carbonyl (C=O) groups is 1. The highest BCUT2D eigenvalue weighted by atomic mass is 27.1. The Morgan fingerprint density at radius 1 is 1.50 bits per heavy atom. The van der Waals surface area contributed by atoms with E-state index >= 15 is 0 Å². The van der Waals surface area contributed by atoms with E-state index in [0.717, 1.165) is 6.42 Å². The Labute approximate surface area is 94.2 Å². The number of methoxy groups -OCH3 is 1. The Kier molecular flexibility index (Phi) is 6.91. The van der Waals surface area contributed by atoms with Gasteiger partial charge in [0.05, 0.1) is 5.76 Å². The zero-order valence-corrected chi connectivity index (χ0v) is 10.4. The summed E-state index contributed by atoms with van der Waals surface area (Å²) in [4.78, 5) is 11.4. The van der Waals surface area contributed by atoms with Crippen LogP contribution in [0.2, 0.25) is 0 Å². The summed E-state index contributed by atoms with van der Waals surface area (Å²) in [7, 11) is 1.60. The van der Waals surface area contributed by atoms with E-state index in [2.05, 4.69) is 16.6 Å². The van der Waals surface area contributed by atoms with Crippen LogP contribution in [-0.4, -0.2) is 35.6 Å². The quantitative estimate of drug-likeness (QED) is 0.381. The molecule has 4 heteroatoms. The van der Waals surface area contributed by atoms with Gasteiger partial charge in [0.15, 0.2) is 5.78 Å². The van der Waals surface area contributed by atoms with Crippen molar-refractivity contribution in [3.63, 3.8) is 0 Å². The molecule has 14 heavy (non-hydrogen) atoms. The van der Waals surface area contributed by atoms with Crippen LogP contribution in [0.4, 0.5) is 0 Å². The predicted octanol–water partition coefficient (Wildman–Crippen LogP) is 1.62. The second-order valence-corrected chi connectivity index (χ2v) is 3.59. The number of hydrogen-bond donors (Lipinski definition) is 0. The first-order chi connectivity index (χ1) is 6.56. The summed E-state index contributed by atoms with van der Waals surface area (Å²) in [6, 6.07) is 0. The Morgan fingerprint density at radius 2 is 2.07 bits per heavy atom. The molecule has 0 amide bonds. The Bertz CT molecular complexity index is 207. The maximum Gasteiger partial charge on any atom is 0.481 e. The lowest BCUT2D eigenvalue weighted by Gasteiger charge is -2.18. The van der Waals surface area contributed by atoms with Gasteiger partial charge in [-0.1, -0.05) is 20.8 Å². The first kappa shape index (κ1) is 13.7. The maximum absolute atomic E-state index is 11.4. The van der Waals surface area contributed by atoms with Crippen LogP contribution in [0.5, 0.6) is 0 Å². The molecule has 0 aromatic rings. The van der Waals surface area contributed by atoms with E-state index in [1.165, 1.54) is 6.08 Å². The van der Waals surface area contributed by atoms with Gasteiger partial charge in [0.2, 0.25) is 0 Å². The average molecular weight is 212 g/mol. The van der Waals surface area contributed by atoms with Crippen molar-refractivity contribution in [1.82, 2.24) is 0 Å². The van der Waals surface area contributed by atoms with Gasteiger partial charge in [-0.05, 0) is 6.42 Å². The molecule has 0 aromatic carbocycles. The number of ether oxygens (including phenoxy) is 1. The second-order valence-electron chi connectivity index (χ2n) is 3.35. The highest BCUT2D eigenvalue weighted by Gasteiger charge is 2.13. The van der Waals surface area contributed by atoms with Gasteiger partial charge in [0.1, 0.15) is 6.10 Å². The normalized spacial score (nSPS) is 14.2. The average Bonchev–Trinajstić information content (AvgIpc) is 2.17. The standard InChI is InChI=1S/C10H18O3.Al/c1-5-10(13-4)9(12)6-8(11)7(2)3;/h6-7,10,12H,5H2,1-4H3;/q;+1/p-1/b9-6-;. The first-order valence-electron chi connectivity index (χ1n) is 4.71. The van der Waals surface area contributed by atoms with Crippen LogP contribution in [-0.2, 0) is 13.3 Å². The van der Waals surface area contributed by atoms with Crippen LogP contribution in [0.15, 0.2) is 11.8 Å². The minimum Gasteiger partial charge on any atom is -0.655 e. The van der Waals surface area contributed by atoms with E-state index in [0.29, 0.717) is 5.76 Å². The summed E-state index contributed by atoms with van der Waals surface area (Å²) in [5.74, 6) is 0.608. The Balaban J connectivity index is 4.60. The predicted molar refractivity (Wildman–Crippen MR) is 55.9 cm³/mol. The van der Waals surface area contributed by atoms with Crippen molar-refractivity contribution in [3.8, 4) is 0 Å². The van der Waals surface area contributed by atoms with Crippen molar-refractivity contribution in [3.05, 3.63) is 11.8 Å². The molecule has 2 radical (unpaired) electrons. The smallest absolute Gasteiger partial charge is 0.481 e. The van der Waals surface area contributed by atoms with E-state index in [4.69, 9.17) is 8.53 Å². The van der Waals surface area contributed by atoms with E-state index in [-0.39, 0.29) is 17.8 Å². The van der Waals surface area contributed by atoms with E-state index in [1.807, 2.05) is 20.8 Å². The van der Waals surface area contributed by atoms with Gasteiger partial charge < -0.3 is 8.53 Å². The summed E-state index contributed by atoms with van der Waals surface area (Å²) < 4.78 is 10.2. The third-order valence-corrected chi connectivity index (χ3v) is 2.23. The maximum atomic E-state index is 11.4. The van der Waals surface area contributed by atoms with Gasteiger partial charge in [0.25, 0.3) is 0 Å². The molecule has 0 heterocycles. The topological polar surface area (TPSA) is 35.5 Å². The zero-order chi connectivity index (χ0) is 11.1. The monoisotopic (exact) mass is 212 g/mol. The largest absolute Gasteiger partial charge is 0.655 e. The molecule has 1 unspecified atom stereocenters. The molecule has 0 fully saturated rings. The molecule has 0 aliphatic rings. The lowest BCUT2D eigenvalue weighted by molar-refractivity contribution is -0.117. The molecule has 0 aliphatic heterocycles. The fourth-order valence-corrected chi connectivity index (χ4v) is 1.21. The van der Waals surface area contributed by atoms with Crippen molar-refractivity contribution in [2.45, 2.75) is 33.3 Å². The highest BCUT2D eigenvalue weighted by Crippen LogP contribution is 2.11. The molecular weight excluding hydrogens is 195 g/mol. The van der Waals surface area contributed by atoms with Crippen molar-refractivity contribution >= 4 is 22.4 Å². The third-order valence-electron chi connectivity index (χ3n) is 1.96. The van der Waals surface area contributed by atoms with Gasteiger partial charge >= 0.3 is 16.6 Å². The van der Waals surface area contributed by atoms with Gasteiger partial charge in [0, 0.05) is 19.1 Å². The lowest BCUT2D eigenvalue weighted by atomic mass is 10.1. The summed E-state index contributed by atoms with van der Waals surface area (Å²) >= 11 is 2.14. The van der Waals surface area contributed by atoms with Gasteiger partial charge in [-0.25, -0.2) is 0 Å². The number of allylic oxidation sites excluding steroid dienone is 1. The van der Waals surface area contributed by atoms with E-state index < -0.39 is 0 Å². The summed E-state index contributed by atoms with van der Waals surface area (Å²) in [6.45, 7) is 5.69. The van der Waals surface area contributed by atoms with Crippen LogP contribution >= 0.6 is 0 Å². The molecule has 0 aromatic heterocycles. The van der Waals surface area contributed by atoms with Crippen LogP contribution < -0.4 is 0 Å². The van der Waals surface area contributed by atoms with Crippen molar-refractivity contribution in [1.29, 1.82) is 0 Å². The van der Waals surface area contributed by atoms with Gasteiger partial charge in [-0.2, -0.15) is 0 Å². The highest BCUT2D eigenvalue weighted by molar-refractivity contribution is 5.99. The van der Waals surface area contributed by atoms with E-state index in [1.54, 1.807) is 7.11 Å². The molecule has 3 nitrogen and oxygen atoms in total. The number of rotatable bonds is 6. The Hall–Kier alpha value is -0.298. The van der Waals surface area contributed by atoms with Gasteiger partial charge in [-0.15, -0.1) is 0 Å². The molecule has 1 atom stereocenters. The minimum absolute atomic E-state index is 0.0143. The summed E-state index contributed by atoms with van der Waals surface area (Å²) in [5.41, 5.74) is 0. The van der Waals surface area contributed by atoms with Crippen molar-refractivity contribution < 1.29 is 13.3 Å². The minimum atomic E-state index is -0.143. The van der Waals surface area contributed by atoms with Crippen LogP contribution in [0.25, 0.3) is 0 Å². The number of hydrogen-bond acceptors (Lipinski definition) is 3. The van der Waals surface area contributed by atoms with Crippen LogP contribution in [0, 0.1) is 5.92 Å². The first-order valence-corrected chi connectivity index (χ1v) is 5.18. The molecule has 0 saturated carbocycles. The van der Waals surface area contributed by atoms with Crippen LogP contribution in [0.3, 0.4) is 0 Å². The van der Waals surface area contributed by atoms with Crippen molar-refractivity contribution in [2.75, 3.05) is 7.11 Å². The Morgan fingerprint density at radius 3 is 2.36 bits per heavy atom. The van der Waals surface area contributed by atoms with Gasteiger partial charge in [-0.3, -0.25) is 4.79 Å². The molecule has 0 N–H and O–H groups in total. The molecule has 0 bridgehead atoms. The summed E-state index contributed by atoms with van der Waals surface area (Å²) in [5, 5.41) is 0. The zero-order valence-electron chi connectivity index (χ0n) is 9.24. The van der Waals surface area contributed by atoms with Crippen molar-refractivity contribution in [2.24, 2.45) is 5.92 Å². The molecular formula is C10H17AlO3. The third kappa shape index (κ3) is 4.28.